The van der Waals surface area contributed by atoms with Gasteiger partial charge in [-0.25, -0.2) is 0 Å². The molecule has 0 aliphatic rings. The quantitative estimate of drug-likeness (QED) is 0.515. The second-order valence-corrected chi connectivity index (χ2v) is 4.54. The maximum Gasteiger partial charge on any atom is 0.305 e. The Morgan fingerprint density at radius 1 is 1.11 bits per heavy atom. The molecule has 0 aliphatic carbocycles. The number of rotatable bonds is 8. The molecule has 1 aromatic rings. The summed E-state index contributed by atoms with van der Waals surface area (Å²) in [7, 11) is 0. The van der Waals surface area contributed by atoms with E-state index in [0.717, 1.165) is 32.1 Å². The first-order chi connectivity index (χ1) is 8.76. The molecule has 1 aromatic carbocycles. The molecule has 0 unspecified atom stereocenters. The Balaban J connectivity index is 2.15. The molecule has 0 aliphatic heterocycles. The molecule has 100 valence electrons. The van der Waals surface area contributed by atoms with Crippen molar-refractivity contribution < 1.29 is 9.53 Å². The van der Waals surface area contributed by atoms with Crippen LogP contribution < -0.4 is 0 Å². The number of hydrogen-bond acceptors (Lipinski definition) is 2. The number of carbonyl (C=O) groups is 1. The Morgan fingerprint density at radius 2 is 1.89 bits per heavy atom. The minimum atomic E-state index is -0.0644. The van der Waals surface area contributed by atoms with Crippen LogP contribution in [0.5, 0.6) is 0 Å². The van der Waals surface area contributed by atoms with Crippen molar-refractivity contribution in [1.82, 2.24) is 0 Å². The van der Waals surface area contributed by atoms with E-state index in [1.807, 2.05) is 6.92 Å². The van der Waals surface area contributed by atoms with Crippen LogP contribution in [0.25, 0.3) is 0 Å². The first-order valence-corrected chi connectivity index (χ1v) is 6.99. The van der Waals surface area contributed by atoms with Gasteiger partial charge in [0.15, 0.2) is 0 Å². The number of hydrogen-bond donors (Lipinski definition) is 0. The van der Waals surface area contributed by atoms with E-state index in [1.165, 1.54) is 11.1 Å². The molecular weight excluding hydrogens is 224 g/mol. The summed E-state index contributed by atoms with van der Waals surface area (Å²) in [5, 5.41) is 0. The number of carbonyl (C=O) groups excluding carboxylic acids is 1. The molecule has 0 bridgehead atoms. The molecule has 0 aromatic heterocycles. The van der Waals surface area contributed by atoms with E-state index >= 15 is 0 Å². The van der Waals surface area contributed by atoms with Crippen molar-refractivity contribution in [2.75, 3.05) is 6.61 Å². The van der Waals surface area contributed by atoms with Crippen molar-refractivity contribution in [3.63, 3.8) is 0 Å². The van der Waals surface area contributed by atoms with Gasteiger partial charge in [0.1, 0.15) is 0 Å². The number of unbranched alkanes of at least 4 members (excludes halogenated alkanes) is 2. The Morgan fingerprint density at radius 3 is 2.61 bits per heavy atom. The summed E-state index contributed by atoms with van der Waals surface area (Å²) < 4.78 is 4.90. The summed E-state index contributed by atoms with van der Waals surface area (Å²) in [6, 6.07) is 8.77. The molecule has 0 heterocycles. The molecule has 1 rings (SSSR count). The first-order valence-electron chi connectivity index (χ1n) is 6.99. The van der Waals surface area contributed by atoms with Crippen LogP contribution in [0.4, 0.5) is 0 Å². The minimum absolute atomic E-state index is 0.0644. The third kappa shape index (κ3) is 5.85. The van der Waals surface area contributed by atoms with Crippen LogP contribution in [0.1, 0.15) is 50.7 Å². The van der Waals surface area contributed by atoms with Crippen molar-refractivity contribution in [2.24, 2.45) is 0 Å². The van der Waals surface area contributed by atoms with Gasteiger partial charge >= 0.3 is 5.97 Å². The highest BCUT2D eigenvalue weighted by molar-refractivity contribution is 5.69. The monoisotopic (exact) mass is 248 g/mol. The van der Waals surface area contributed by atoms with Crippen molar-refractivity contribution >= 4 is 5.97 Å². The fourth-order valence-corrected chi connectivity index (χ4v) is 2.01. The zero-order chi connectivity index (χ0) is 13.2. The summed E-state index contributed by atoms with van der Waals surface area (Å²) in [5.74, 6) is -0.0644. The van der Waals surface area contributed by atoms with Crippen molar-refractivity contribution in [2.45, 2.75) is 52.4 Å². The van der Waals surface area contributed by atoms with E-state index in [-0.39, 0.29) is 5.97 Å². The zero-order valence-electron chi connectivity index (χ0n) is 11.6. The first kappa shape index (κ1) is 14.7. The summed E-state index contributed by atoms with van der Waals surface area (Å²) in [6.45, 7) is 4.51. The lowest BCUT2D eigenvalue weighted by molar-refractivity contribution is -0.143. The highest BCUT2D eigenvalue weighted by atomic mass is 16.5. The predicted molar refractivity (Wildman–Crippen MR) is 74.6 cm³/mol. The van der Waals surface area contributed by atoms with Gasteiger partial charge in [-0.1, -0.05) is 37.6 Å². The normalized spacial score (nSPS) is 10.3. The Kier molecular flexibility index (Phi) is 7.16. The summed E-state index contributed by atoms with van der Waals surface area (Å²) in [6.07, 6.45) is 5.93. The van der Waals surface area contributed by atoms with Crippen LogP contribution in [0.2, 0.25) is 0 Å². The molecule has 0 saturated carbocycles. The van der Waals surface area contributed by atoms with Gasteiger partial charge in [0.2, 0.25) is 0 Å². The second-order valence-electron chi connectivity index (χ2n) is 4.54. The van der Waals surface area contributed by atoms with Crippen LogP contribution in [0.15, 0.2) is 24.3 Å². The van der Waals surface area contributed by atoms with Gasteiger partial charge in [0, 0.05) is 6.42 Å². The third-order valence-electron chi connectivity index (χ3n) is 3.05. The van der Waals surface area contributed by atoms with E-state index < -0.39 is 0 Å². The molecule has 0 atom stereocenters. The maximum atomic E-state index is 11.1. The Labute approximate surface area is 110 Å². The lowest BCUT2D eigenvalue weighted by Crippen LogP contribution is -2.03. The molecule has 0 amide bonds. The fourth-order valence-electron chi connectivity index (χ4n) is 2.01. The summed E-state index contributed by atoms with van der Waals surface area (Å²) in [4.78, 5) is 11.1. The molecule has 0 fully saturated rings. The van der Waals surface area contributed by atoms with Crippen LogP contribution >= 0.6 is 0 Å². The van der Waals surface area contributed by atoms with Crippen LogP contribution in [0.3, 0.4) is 0 Å². The van der Waals surface area contributed by atoms with E-state index in [1.54, 1.807) is 0 Å². The van der Waals surface area contributed by atoms with Crippen molar-refractivity contribution in [3.05, 3.63) is 35.4 Å². The molecule has 0 saturated heterocycles. The van der Waals surface area contributed by atoms with Crippen molar-refractivity contribution in [3.8, 4) is 0 Å². The number of ether oxygens (including phenoxy) is 1. The molecule has 0 radical (unpaired) electrons. The molecule has 0 spiro atoms. The average molecular weight is 248 g/mol. The van der Waals surface area contributed by atoms with E-state index in [9.17, 15) is 4.79 Å². The largest absolute Gasteiger partial charge is 0.466 e. The number of esters is 1. The lowest BCUT2D eigenvalue weighted by atomic mass is 10.0. The maximum absolute atomic E-state index is 11.1. The standard InChI is InChI=1S/C16H24O2/c1-3-14-10-8-11-15(13-14)9-6-5-7-12-16(17)18-4-2/h8,10-11,13H,3-7,9,12H2,1-2H3. The Hall–Kier alpha value is -1.31. The van der Waals surface area contributed by atoms with Gasteiger partial charge in [-0.2, -0.15) is 0 Å². The fraction of sp³-hybridized carbons (Fsp3) is 0.562. The van der Waals surface area contributed by atoms with E-state index in [2.05, 4.69) is 31.2 Å². The van der Waals surface area contributed by atoms with E-state index in [0.29, 0.717) is 13.0 Å². The van der Waals surface area contributed by atoms with Crippen LogP contribution in [0, 0.1) is 0 Å². The highest BCUT2D eigenvalue weighted by Crippen LogP contribution is 2.11. The summed E-state index contributed by atoms with van der Waals surface area (Å²) in [5.41, 5.74) is 2.81. The minimum Gasteiger partial charge on any atom is -0.466 e. The molecular formula is C16H24O2. The molecule has 2 nitrogen and oxygen atoms in total. The van der Waals surface area contributed by atoms with Gasteiger partial charge in [0.25, 0.3) is 0 Å². The summed E-state index contributed by atoms with van der Waals surface area (Å²) >= 11 is 0. The third-order valence-corrected chi connectivity index (χ3v) is 3.05. The molecule has 18 heavy (non-hydrogen) atoms. The van der Waals surface area contributed by atoms with Crippen LogP contribution in [-0.2, 0) is 22.4 Å². The second kappa shape index (κ2) is 8.73. The molecule has 2 heteroatoms. The Bertz CT molecular complexity index is 358. The van der Waals surface area contributed by atoms with Crippen molar-refractivity contribution in [1.29, 1.82) is 0 Å². The molecule has 0 N–H and O–H groups in total. The number of benzene rings is 1. The number of aryl methyl sites for hydroxylation is 2. The van der Waals surface area contributed by atoms with Gasteiger partial charge in [-0.3, -0.25) is 4.79 Å². The van der Waals surface area contributed by atoms with Gasteiger partial charge in [0.05, 0.1) is 6.61 Å². The predicted octanol–water partition coefficient (Wildman–Crippen LogP) is 3.92. The SMILES string of the molecule is CCOC(=O)CCCCCc1cccc(CC)c1. The topological polar surface area (TPSA) is 26.3 Å². The zero-order valence-corrected chi connectivity index (χ0v) is 11.6. The van der Waals surface area contributed by atoms with E-state index in [4.69, 9.17) is 4.74 Å². The smallest absolute Gasteiger partial charge is 0.305 e. The average Bonchev–Trinajstić information content (AvgIpc) is 2.39. The van der Waals surface area contributed by atoms with Gasteiger partial charge < -0.3 is 4.74 Å². The van der Waals surface area contributed by atoms with Gasteiger partial charge in [-0.15, -0.1) is 0 Å². The van der Waals surface area contributed by atoms with Gasteiger partial charge in [-0.05, 0) is 43.7 Å². The highest BCUT2D eigenvalue weighted by Gasteiger charge is 2.01. The van der Waals surface area contributed by atoms with Crippen LogP contribution in [-0.4, -0.2) is 12.6 Å². The lowest BCUT2D eigenvalue weighted by Gasteiger charge is -2.04.